The molecule has 0 amide bonds. The fourth-order valence-corrected chi connectivity index (χ4v) is 5.61. The number of carboxylic acids is 2. The summed E-state index contributed by atoms with van der Waals surface area (Å²) in [5, 5.41) is 18.9. The number of carboxylic acid groups (broad SMARTS) is 2. The number of aryl methyl sites for hydroxylation is 4. The van der Waals surface area contributed by atoms with Crippen molar-refractivity contribution < 1.29 is 47.5 Å². The topological polar surface area (TPSA) is 129 Å². The largest absolute Gasteiger partial charge is 2.00 e. The van der Waals surface area contributed by atoms with Gasteiger partial charge in [0.25, 0.3) is 0 Å². The van der Waals surface area contributed by atoms with E-state index in [2.05, 4.69) is 13.2 Å². The molecule has 43 heavy (non-hydrogen) atoms. The number of aliphatic carboxylic acids is 2. The maximum absolute atomic E-state index is 11.5. The molecule has 9 heteroatoms. The predicted octanol–water partition coefficient (Wildman–Crippen LogP) is 6.46. The molecule has 0 fully saturated rings. The molecule has 3 aromatic heterocycles. The molecule has 0 aromatic carbocycles. The normalized spacial score (nSPS) is 12.7. The predicted molar refractivity (Wildman–Crippen MR) is 166 cm³/mol. The zero-order valence-corrected chi connectivity index (χ0v) is 30.4. The smallest absolute Gasteiger partial charge is 0.657 e. The zero-order valence-electron chi connectivity index (χ0n) is 24.9. The van der Waals surface area contributed by atoms with E-state index in [1.165, 1.54) is 0 Å². The Balaban J connectivity index is 0.00000423. The second-order valence-electron chi connectivity index (χ2n) is 10.6. The maximum Gasteiger partial charge on any atom is 2.00 e. The average molecular weight is 761 g/mol. The minimum Gasteiger partial charge on any atom is -0.657 e. The van der Waals surface area contributed by atoms with Crippen LogP contribution in [0.5, 0.6) is 0 Å². The summed E-state index contributed by atoms with van der Waals surface area (Å²) in [7, 11) is 0. The van der Waals surface area contributed by atoms with Gasteiger partial charge in [-0.3, -0.25) is 9.59 Å². The Bertz CT molecular complexity index is 1920. The standard InChI is InChI=1S/C34H34N4O4.Hg/c1-7-21-17(3)25-13-26-19(5)23(9-11-33(39)40)31(37-26)16-32-24(10-12-34(41)42)20(6)28(38-32)15-30-22(8-2)18(4)27(36-30)14-29(21)35-25;/h7-8,13-16H,1-2,9-12H2,3-6H3,(H4,35,36,37,38,39,40,41,42);/q;+2/p-2. The first-order valence-electron chi connectivity index (χ1n) is 13.8. The molecule has 0 unspecified atom stereocenters. The van der Waals surface area contributed by atoms with Crippen molar-refractivity contribution in [2.45, 2.75) is 53.4 Å². The van der Waals surface area contributed by atoms with Crippen LogP contribution in [0.2, 0.25) is 0 Å². The van der Waals surface area contributed by atoms with Crippen LogP contribution in [0.3, 0.4) is 0 Å². The minimum atomic E-state index is -0.898. The van der Waals surface area contributed by atoms with Gasteiger partial charge in [0.1, 0.15) is 0 Å². The Morgan fingerprint density at radius 2 is 1.07 bits per heavy atom. The number of nitrogens with zero attached hydrogens (tertiary/aromatic N) is 4. The van der Waals surface area contributed by atoms with Crippen molar-refractivity contribution >= 4 is 56.3 Å². The van der Waals surface area contributed by atoms with Crippen LogP contribution in [-0.4, -0.2) is 32.1 Å². The van der Waals surface area contributed by atoms with Gasteiger partial charge in [0.15, 0.2) is 0 Å². The zero-order chi connectivity index (χ0) is 30.3. The van der Waals surface area contributed by atoms with Crippen molar-refractivity contribution in [2.75, 3.05) is 0 Å². The molecule has 0 atom stereocenters. The molecule has 8 nitrogen and oxygen atoms in total. The summed E-state index contributed by atoms with van der Waals surface area (Å²) in [5.41, 5.74) is 12.6. The van der Waals surface area contributed by atoms with E-state index in [-0.39, 0.29) is 40.5 Å². The van der Waals surface area contributed by atoms with E-state index in [9.17, 15) is 19.8 Å². The summed E-state index contributed by atoms with van der Waals surface area (Å²) in [5.74, 6) is -1.80. The van der Waals surface area contributed by atoms with Gasteiger partial charge in [-0.25, -0.2) is 9.97 Å². The van der Waals surface area contributed by atoms with Gasteiger partial charge in [0.2, 0.25) is 0 Å². The molecule has 5 heterocycles. The Labute approximate surface area is 270 Å². The van der Waals surface area contributed by atoms with E-state index in [0.29, 0.717) is 40.6 Å². The van der Waals surface area contributed by atoms with Gasteiger partial charge in [-0.05, 0) is 57.7 Å². The molecule has 2 aliphatic rings. The third kappa shape index (κ3) is 6.06. The number of rotatable bonds is 8. The first kappa shape index (κ1) is 31.9. The van der Waals surface area contributed by atoms with Crippen molar-refractivity contribution in [3.8, 4) is 0 Å². The van der Waals surface area contributed by atoms with Crippen LogP contribution in [0.1, 0.15) is 71.7 Å². The fourth-order valence-electron chi connectivity index (χ4n) is 5.61. The summed E-state index contributed by atoms with van der Waals surface area (Å²) in [6.45, 7) is 15.9. The molecule has 5 rings (SSSR count). The van der Waals surface area contributed by atoms with Crippen LogP contribution in [0.15, 0.2) is 49.6 Å². The summed E-state index contributed by atoms with van der Waals surface area (Å²) in [4.78, 5) is 42.7. The maximum atomic E-state index is 11.5. The van der Waals surface area contributed by atoms with Crippen molar-refractivity contribution in [3.05, 3.63) is 94.6 Å². The monoisotopic (exact) mass is 762 g/mol. The number of fused-ring (bicyclic) bond motifs is 8. The van der Waals surface area contributed by atoms with Crippen LogP contribution in [0.25, 0.3) is 44.4 Å². The van der Waals surface area contributed by atoms with Crippen molar-refractivity contribution in [1.29, 1.82) is 0 Å². The number of allylic oxidation sites excluding steroid dienone is 6. The Hall–Kier alpha value is -4.04. The molecule has 0 spiro atoms. The molecule has 3 aromatic rings. The van der Waals surface area contributed by atoms with Crippen molar-refractivity contribution in [1.82, 2.24) is 19.9 Å². The third-order valence-electron chi connectivity index (χ3n) is 8.06. The van der Waals surface area contributed by atoms with Gasteiger partial charge in [-0.15, -0.1) is 22.1 Å². The minimum absolute atomic E-state index is 0. The molecule has 0 saturated carbocycles. The van der Waals surface area contributed by atoms with E-state index in [4.69, 9.17) is 19.9 Å². The van der Waals surface area contributed by atoms with E-state index < -0.39 is 11.9 Å². The van der Waals surface area contributed by atoms with Gasteiger partial charge in [-0.1, -0.05) is 65.8 Å². The van der Waals surface area contributed by atoms with Gasteiger partial charge in [0.05, 0.1) is 22.8 Å². The second kappa shape index (κ2) is 12.7. The van der Waals surface area contributed by atoms with E-state index >= 15 is 0 Å². The molecule has 0 saturated heterocycles. The first-order valence-corrected chi connectivity index (χ1v) is 13.8. The SMILES string of the molecule is C=CC1=C(C)c2cc3[n-]c(cc4[n-]c(cc5nc(cc1n2)C(C)=C5C=C)c(C)c4CCC(=O)O)c(CCC(=O)O)c3C.[Hg+2]. The second-order valence-corrected chi connectivity index (χ2v) is 10.6. The van der Waals surface area contributed by atoms with Crippen molar-refractivity contribution in [3.63, 3.8) is 0 Å². The van der Waals surface area contributed by atoms with Crippen LogP contribution in [0, 0.1) is 13.8 Å². The molecular formula is C34H32HgN4O4. The van der Waals surface area contributed by atoms with E-state index in [0.717, 1.165) is 61.6 Å². The molecule has 0 aliphatic carbocycles. The van der Waals surface area contributed by atoms with Gasteiger partial charge in [0, 0.05) is 24.0 Å². The summed E-state index contributed by atoms with van der Waals surface area (Å²) < 4.78 is 0. The van der Waals surface area contributed by atoms with E-state index in [1.54, 1.807) is 12.2 Å². The van der Waals surface area contributed by atoms with Gasteiger partial charge >= 0.3 is 39.6 Å². The first-order chi connectivity index (χ1) is 20.0. The van der Waals surface area contributed by atoms with Crippen LogP contribution in [-0.2, 0) is 50.1 Å². The fraction of sp³-hybridized carbons (Fsp3) is 0.235. The number of hydrogen-bond acceptors (Lipinski definition) is 4. The quantitative estimate of drug-likeness (QED) is 0.251. The van der Waals surface area contributed by atoms with Crippen LogP contribution in [0.4, 0.5) is 0 Å². The Morgan fingerprint density at radius 3 is 1.49 bits per heavy atom. The van der Waals surface area contributed by atoms with Gasteiger partial charge in [-0.2, -0.15) is 0 Å². The summed E-state index contributed by atoms with van der Waals surface area (Å²) in [6, 6.07) is 7.62. The Morgan fingerprint density at radius 1 is 0.674 bits per heavy atom. The summed E-state index contributed by atoms with van der Waals surface area (Å²) in [6.07, 6.45) is 4.06. The van der Waals surface area contributed by atoms with E-state index in [1.807, 2.05) is 52.0 Å². The summed E-state index contributed by atoms with van der Waals surface area (Å²) >= 11 is 0. The van der Waals surface area contributed by atoms with Gasteiger partial charge < -0.3 is 20.2 Å². The van der Waals surface area contributed by atoms with Crippen LogP contribution < -0.4 is 9.97 Å². The Kier molecular flexibility index (Phi) is 9.40. The molecule has 214 valence electrons. The van der Waals surface area contributed by atoms with Crippen LogP contribution >= 0.6 is 0 Å². The third-order valence-corrected chi connectivity index (χ3v) is 8.06. The number of carbonyl (C=O) groups is 2. The van der Waals surface area contributed by atoms with Crippen molar-refractivity contribution in [2.24, 2.45) is 0 Å². The molecule has 0 radical (unpaired) electrons. The average Bonchev–Trinajstić information content (AvgIpc) is 3.59. The molecular weight excluding hydrogens is 729 g/mol. The molecule has 8 bridgehead atoms. The molecule has 2 aliphatic heterocycles. The molecule has 2 N–H and O–H groups in total. The number of hydrogen-bond donors (Lipinski definition) is 2. The number of aromatic nitrogens is 4.